The molecule has 3 aromatic rings. The second-order valence-corrected chi connectivity index (χ2v) is 9.02. The van der Waals surface area contributed by atoms with E-state index in [0.29, 0.717) is 34.8 Å². The monoisotopic (exact) mass is 413 g/mol. The van der Waals surface area contributed by atoms with Crippen molar-refractivity contribution < 1.29 is 9.84 Å². The highest BCUT2D eigenvalue weighted by Crippen LogP contribution is 2.40. The first-order valence-electron chi connectivity index (χ1n) is 10.2. The highest BCUT2D eigenvalue weighted by molar-refractivity contribution is 7.18. The Morgan fingerprint density at radius 2 is 1.86 bits per heavy atom. The lowest BCUT2D eigenvalue weighted by molar-refractivity contribution is 0.0695. The summed E-state index contributed by atoms with van der Waals surface area (Å²) in [6.45, 7) is 10.9. The Morgan fingerprint density at radius 3 is 2.48 bits per heavy atom. The fourth-order valence-electron chi connectivity index (χ4n) is 3.94. The number of nitrogens with zero attached hydrogens (tertiary/aromatic N) is 3. The molecule has 0 fully saturated rings. The zero-order valence-corrected chi connectivity index (χ0v) is 19.0. The van der Waals surface area contributed by atoms with E-state index >= 15 is 0 Å². The van der Waals surface area contributed by atoms with Crippen molar-refractivity contribution in [3.63, 3.8) is 0 Å². The molecule has 5 nitrogen and oxygen atoms in total. The molecule has 1 aromatic carbocycles. The lowest BCUT2D eigenvalue weighted by Gasteiger charge is -2.33. The Kier molecular flexibility index (Phi) is 6.44. The number of thiazole rings is 1. The van der Waals surface area contributed by atoms with Crippen molar-refractivity contribution in [1.82, 2.24) is 9.97 Å². The highest BCUT2D eigenvalue weighted by atomic mass is 32.1. The Balaban J connectivity index is 2.09. The molecule has 2 heterocycles. The summed E-state index contributed by atoms with van der Waals surface area (Å²) in [7, 11) is 1.61. The van der Waals surface area contributed by atoms with Gasteiger partial charge in [-0.25, -0.2) is 4.98 Å². The van der Waals surface area contributed by atoms with Crippen molar-refractivity contribution in [2.75, 3.05) is 12.0 Å². The summed E-state index contributed by atoms with van der Waals surface area (Å²) < 4.78 is 6.38. The van der Waals surface area contributed by atoms with E-state index in [1.807, 2.05) is 6.07 Å². The summed E-state index contributed by atoms with van der Waals surface area (Å²) in [6.07, 6.45) is 4.74. The third-order valence-electron chi connectivity index (χ3n) is 5.17. The minimum absolute atomic E-state index is 0.394. The maximum absolute atomic E-state index is 11.7. The summed E-state index contributed by atoms with van der Waals surface area (Å²) in [4.78, 5) is 11.5. The number of benzene rings is 1. The molecule has 0 saturated carbocycles. The quantitative estimate of drug-likeness (QED) is 0.539. The maximum atomic E-state index is 11.7. The molecular formula is C23H31N3O2S. The first-order chi connectivity index (χ1) is 13.8. The van der Waals surface area contributed by atoms with Gasteiger partial charge >= 0.3 is 0 Å². The Morgan fingerprint density at radius 1 is 1.14 bits per heavy atom. The van der Waals surface area contributed by atoms with Gasteiger partial charge < -0.3 is 14.7 Å². The van der Waals surface area contributed by atoms with Crippen LogP contribution in [0, 0.1) is 0 Å². The lowest BCUT2D eigenvalue weighted by Crippen LogP contribution is -2.36. The maximum Gasteiger partial charge on any atom is 0.143 e. The van der Waals surface area contributed by atoms with E-state index in [-0.39, 0.29) is 0 Å². The molecule has 0 radical (unpaired) electrons. The lowest BCUT2D eigenvalue weighted by atomic mass is 9.91. The average Bonchev–Trinajstić information content (AvgIpc) is 3.11. The summed E-state index contributed by atoms with van der Waals surface area (Å²) in [5.41, 5.74) is 1.60. The van der Waals surface area contributed by atoms with Gasteiger partial charge in [0.15, 0.2) is 0 Å². The first kappa shape index (κ1) is 21.5. The van der Waals surface area contributed by atoms with E-state index in [0.717, 1.165) is 22.3 Å². The topological polar surface area (TPSA) is 58.5 Å². The number of methoxy groups -OCH3 is 1. The molecule has 156 valence electrons. The van der Waals surface area contributed by atoms with Gasteiger partial charge in [-0.1, -0.05) is 13.3 Å². The summed E-state index contributed by atoms with van der Waals surface area (Å²) in [6, 6.07) is 9.02. The number of ether oxygens (including phenoxy) is 1. The minimum atomic E-state index is -1.18. The third-order valence-corrected chi connectivity index (χ3v) is 6.36. The number of aliphatic hydroxyl groups is 1. The number of aromatic nitrogens is 2. The van der Waals surface area contributed by atoms with Crippen LogP contribution in [0.15, 0.2) is 36.7 Å². The molecule has 1 atom stereocenters. The van der Waals surface area contributed by atoms with Crippen molar-refractivity contribution in [1.29, 1.82) is 0 Å². The molecular weight excluding hydrogens is 382 g/mol. The number of rotatable bonds is 8. The van der Waals surface area contributed by atoms with E-state index in [1.54, 1.807) is 30.8 Å². The van der Waals surface area contributed by atoms with Crippen LogP contribution < -0.4 is 9.64 Å². The van der Waals surface area contributed by atoms with E-state index in [9.17, 15) is 5.11 Å². The van der Waals surface area contributed by atoms with Gasteiger partial charge in [-0.3, -0.25) is 4.98 Å². The molecule has 1 N–H and O–H groups in total. The number of hydrogen-bond donors (Lipinski definition) is 1. The van der Waals surface area contributed by atoms with Crippen LogP contribution in [0.2, 0.25) is 0 Å². The fraction of sp³-hybridized carbons (Fsp3) is 0.478. The smallest absolute Gasteiger partial charge is 0.143 e. The normalized spacial score (nSPS) is 13.8. The molecule has 3 rings (SSSR count). The van der Waals surface area contributed by atoms with Gasteiger partial charge in [-0.2, -0.15) is 0 Å². The van der Waals surface area contributed by atoms with Gasteiger partial charge in [0.25, 0.3) is 0 Å². The van der Waals surface area contributed by atoms with Gasteiger partial charge in [0.05, 0.1) is 23.5 Å². The second-order valence-electron chi connectivity index (χ2n) is 7.99. The molecule has 0 aliphatic heterocycles. The van der Waals surface area contributed by atoms with Gasteiger partial charge in [-0.05, 0) is 58.4 Å². The second kappa shape index (κ2) is 8.67. The summed E-state index contributed by atoms with van der Waals surface area (Å²) >= 11 is 1.54. The van der Waals surface area contributed by atoms with Crippen LogP contribution >= 0.6 is 11.3 Å². The molecule has 0 saturated heterocycles. The number of anilines is 1. The molecule has 0 aliphatic rings. The van der Waals surface area contributed by atoms with Crippen LogP contribution in [0.3, 0.4) is 0 Å². The van der Waals surface area contributed by atoms with Crippen LogP contribution in [-0.4, -0.2) is 34.3 Å². The highest BCUT2D eigenvalue weighted by Gasteiger charge is 2.35. The van der Waals surface area contributed by atoms with Gasteiger partial charge in [0.1, 0.15) is 16.4 Å². The van der Waals surface area contributed by atoms with Crippen LogP contribution in [0.1, 0.15) is 58.0 Å². The molecule has 2 aromatic heterocycles. The minimum Gasteiger partial charge on any atom is -0.495 e. The van der Waals surface area contributed by atoms with E-state index in [1.165, 1.54) is 0 Å². The van der Waals surface area contributed by atoms with E-state index in [2.05, 4.69) is 62.7 Å². The van der Waals surface area contributed by atoms with Crippen molar-refractivity contribution in [2.45, 2.75) is 65.1 Å². The Hall–Kier alpha value is -2.18. The van der Waals surface area contributed by atoms with Crippen molar-refractivity contribution in [2.24, 2.45) is 0 Å². The van der Waals surface area contributed by atoms with E-state index in [4.69, 9.17) is 9.72 Å². The van der Waals surface area contributed by atoms with Gasteiger partial charge in [-0.15, -0.1) is 11.3 Å². The molecule has 29 heavy (non-hydrogen) atoms. The standard InChI is InChI=1S/C23H31N3O2S/c1-7-10-23(27,17-11-19(28-6)14-24-13-17)22-25-20-12-18(8-9-21(20)29-22)26(15(2)3)16(4)5/h8-9,11-16,27H,7,10H2,1-6H3. The Labute approximate surface area is 177 Å². The third kappa shape index (κ3) is 4.23. The van der Waals surface area contributed by atoms with Crippen LogP contribution in [-0.2, 0) is 5.60 Å². The molecule has 6 heteroatoms. The predicted molar refractivity (Wildman–Crippen MR) is 121 cm³/mol. The molecule has 0 spiro atoms. The zero-order chi connectivity index (χ0) is 21.2. The zero-order valence-electron chi connectivity index (χ0n) is 18.1. The molecule has 0 aliphatic carbocycles. The Bertz CT molecular complexity index is 962. The van der Waals surface area contributed by atoms with E-state index < -0.39 is 5.60 Å². The van der Waals surface area contributed by atoms with Gasteiger partial charge in [0, 0.05) is 29.5 Å². The van der Waals surface area contributed by atoms with Crippen LogP contribution in [0.25, 0.3) is 10.2 Å². The fourth-order valence-corrected chi connectivity index (χ4v) is 5.03. The largest absolute Gasteiger partial charge is 0.495 e. The number of pyridine rings is 1. The SMILES string of the molecule is CCCC(O)(c1cncc(OC)c1)c1nc2cc(N(C(C)C)C(C)C)ccc2s1. The van der Waals surface area contributed by atoms with Crippen LogP contribution in [0.4, 0.5) is 5.69 Å². The number of fused-ring (bicyclic) bond motifs is 1. The summed E-state index contributed by atoms with van der Waals surface area (Å²) in [5.74, 6) is 0.630. The predicted octanol–water partition coefficient (Wildman–Crippen LogP) is 5.36. The van der Waals surface area contributed by atoms with Crippen molar-refractivity contribution in [3.05, 3.63) is 47.2 Å². The molecule has 0 amide bonds. The first-order valence-corrected chi connectivity index (χ1v) is 11.0. The van der Waals surface area contributed by atoms with Crippen molar-refractivity contribution >= 4 is 27.2 Å². The molecule has 1 unspecified atom stereocenters. The molecule has 0 bridgehead atoms. The average molecular weight is 414 g/mol. The number of hydrogen-bond acceptors (Lipinski definition) is 6. The van der Waals surface area contributed by atoms with Crippen LogP contribution in [0.5, 0.6) is 5.75 Å². The van der Waals surface area contributed by atoms with Gasteiger partial charge in [0.2, 0.25) is 0 Å². The van der Waals surface area contributed by atoms with Crippen molar-refractivity contribution in [3.8, 4) is 5.75 Å². The summed E-state index contributed by atoms with van der Waals surface area (Å²) in [5, 5.41) is 12.4.